The minimum absolute atomic E-state index is 0.292. The second-order valence-corrected chi connectivity index (χ2v) is 4.68. The largest absolute Gasteiger partial charge is 0.479 e. The van der Waals surface area contributed by atoms with Crippen LogP contribution >= 0.6 is 0 Å². The Morgan fingerprint density at radius 2 is 2.07 bits per heavy atom. The monoisotopic (exact) mass is 216 g/mol. The summed E-state index contributed by atoms with van der Waals surface area (Å²) in [5, 5.41) is 19.5. The maximum Gasteiger partial charge on any atom is 0.336 e. The van der Waals surface area contributed by atoms with Crippen molar-refractivity contribution in [3.63, 3.8) is 0 Å². The van der Waals surface area contributed by atoms with Crippen LogP contribution in [0.25, 0.3) is 0 Å². The van der Waals surface area contributed by atoms with Crippen LogP contribution in [-0.4, -0.2) is 35.5 Å². The number of carboxylic acids is 1. The first-order chi connectivity index (χ1) is 6.94. The Morgan fingerprint density at radius 3 is 2.33 bits per heavy atom. The lowest BCUT2D eigenvalue weighted by atomic mass is 9.76. The lowest BCUT2D eigenvalue weighted by molar-refractivity contribution is -0.176. The Balaban J connectivity index is 2.88. The van der Waals surface area contributed by atoms with Gasteiger partial charge in [-0.05, 0) is 24.7 Å². The number of rotatable bonds is 6. The summed E-state index contributed by atoms with van der Waals surface area (Å²) in [7, 11) is 1.54. The maximum absolute atomic E-state index is 11.2. The Kier molecular flexibility index (Phi) is 3.73. The van der Waals surface area contributed by atoms with Crippen molar-refractivity contribution < 1.29 is 19.7 Å². The number of hydrogen-bond acceptors (Lipinski definition) is 3. The molecule has 0 radical (unpaired) electrons. The summed E-state index contributed by atoms with van der Waals surface area (Å²) >= 11 is 0. The van der Waals surface area contributed by atoms with E-state index in [-0.39, 0.29) is 11.8 Å². The van der Waals surface area contributed by atoms with Crippen LogP contribution in [0.3, 0.4) is 0 Å². The molecule has 0 aromatic rings. The van der Waals surface area contributed by atoms with Gasteiger partial charge in [0.1, 0.15) is 0 Å². The van der Waals surface area contributed by atoms with Crippen molar-refractivity contribution in [2.75, 3.05) is 13.7 Å². The molecule has 2 unspecified atom stereocenters. The highest BCUT2D eigenvalue weighted by atomic mass is 16.5. The molecule has 4 nitrogen and oxygen atoms in total. The van der Waals surface area contributed by atoms with E-state index in [1.807, 2.05) is 0 Å². The van der Waals surface area contributed by atoms with Gasteiger partial charge in [-0.3, -0.25) is 0 Å². The minimum atomic E-state index is -1.66. The molecule has 0 aliphatic heterocycles. The van der Waals surface area contributed by atoms with Crippen molar-refractivity contribution in [1.82, 2.24) is 0 Å². The fourth-order valence-corrected chi connectivity index (χ4v) is 2.13. The highest BCUT2D eigenvalue weighted by Gasteiger charge is 2.52. The molecule has 1 aliphatic carbocycles. The van der Waals surface area contributed by atoms with Gasteiger partial charge < -0.3 is 14.9 Å². The summed E-state index contributed by atoms with van der Waals surface area (Å²) in [4.78, 5) is 11.2. The summed E-state index contributed by atoms with van der Waals surface area (Å²) in [6.07, 6.45) is 1.99. The summed E-state index contributed by atoms with van der Waals surface area (Å²) < 4.78 is 5.03. The van der Waals surface area contributed by atoms with E-state index >= 15 is 0 Å². The number of hydrogen-bond donors (Lipinski definition) is 2. The lowest BCUT2D eigenvalue weighted by Gasteiger charge is -2.35. The molecule has 1 rings (SSSR count). The Labute approximate surface area is 90.2 Å². The fraction of sp³-hybridized carbons (Fsp3) is 0.909. The van der Waals surface area contributed by atoms with E-state index in [0.29, 0.717) is 12.5 Å². The summed E-state index contributed by atoms with van der Waals surface area (Å²) in [6.45, 7) is 3.78. The van der Waals surface area contributed by atoms with Crippen LogP contribution < -0.4 is 0 Å². The van der Waals surface area contributed by atoms with Crippen molar-refractivity contribution in [3.05, 3.63) is 0 Å². The summed E-state index contributed by atoms with van der Waals surface area (Å²) in [6, 6.07) is 0. The number of ether oxygens (including phenoxy) is 1. The molecule has 0 bridgehead atoms. The van der Waals surface area contributed by atoms with Gasteiger partial charge in [-0.1, -0.05) is 13.8 Å². The molecule has 2 N–H and O–H groups in total. The molecular formula is C11H20O4. The standard InChI is InChI=1S/C11H20O4/c1-7(2)11(14,10(12)13)9(6-15-3)8-4-5-8/h7-9,14H,4-6H2,1-3H3,(H,12,13). The fourth-order valence-electron chi connectivity index (χ4n) is 2.13. The van der Waals surface area contributed by atoms with Crippen molar-refractivity contribution >= 4 is 5.97 Å². The van der Waals surface area contributed by atoms with Gasteiger partial charge in [-0.15, -0.1) is 0 Å². The van der Waals surface area contributed by atoms with Gasteiger partial charge in [-0.2, -0.15) is 0 Å². The predicted molar refractivity (Wildman–Crippen MR) is 55.5 cm³/mol. The number of carboxylic acid groups (broad SMARTS) is 1. The van der Waals surface area contributed by atoms with Gasteiger partial charge in [-0.25, -0.2) is 4.79 Å². The molecule has 1 saturated carbocycles. The van der Waals surface area contributed by atoms with Crippen molar-refractivity contribution in [1.29, 1.82) is 0 Å². The zero-order valence-electron chi connectivity index (χ0n) is 9.56. The molecule has 0 aromatic heterocycles. The first kappa shape index (κ1) is 12.5. The molecule has 0 spiro atoms. The van der Waals surface area contributed by atoms with Crippen LogP contribution in [0.4, 0.5) is 0 Å². The van der Waals surface area contributed by atoms with Crippen molar-refractivity contribution in [3.8, 4) is 0 Å². The molecular weight excluding hydrogens is 196 g/mol. The topological polar surface area (TPSA) is 66.8 Å². The van der Waals surface area contributed by atoms with E-state index in [1.54, 1.807) is 13.8 Å². The first-order valence-corrected chi connectivity index (χ1v) is 5.39. The van der Waals surface area contributed by atoms with Gasteiger partial charge >= 0.3 is 5.97 Å². The lowest BCUT2D eigenvalue weighted by Crippen LogP contribution is -2.52. The SMILES string of the molecule is COCC(C1CC1)C(O)(C(=O)O)C(C)C. The summed E-state index contributed by atoms with van der Waals surface area (Å²) in [5.41, 5.74) is -1.66. The molecule has 0 amide bonds. The molecule has 4 heteroatoms. The zero-order valence-corrected chi connectivity index (χ0v) is 9.56. The van der Waals surface area contributed by atoms with Crippen LogP contribution in [-0.2, 0) is 9.53 Å². The van der Waals surface area contributed by atoms with Gasteiger partial charge in [0.15, 0.2) is 5.60 Å². The number of aliphatic carboxylic acids is 1. The second-order valence-electron chi connectivity index (χ2n) is 4.68. The molecule has 0 saturated heterocycles. The normalized spacial score (nSPS) is 22.5. The second kappa shape index (κ2) is 4.49. The van der Waals surface area contributed by atoms with Crippen molar-refractivity contribution in [2.24, 2.45) is 17.8 Å². The third-order valence-corrected chi connectivity index (χ3v) is 3.33. The maximum atomic E-state index is 11.2. The quantitative estimate of drug-likeness (QED) is 0.698. The van der Waals surface area contributed by atoms with Gasteiger partial charge in [0.2, 0.25) is 0 Å². The van der Waals surface area contributed by atoms with E-state index in [4.69, 9.17) is 4.74 Å². The average molecular weight is 216 g/mol. The predicted octanol–water partition coefficient (Wildman–Crippen LogP) is 1.13. The smallest absolute Gasteiger partial charge is 0.336 e. The van der Waals surface area contributed by atoms with Crippen LogP contribution in [0, 0.1) is 17.8 Å². The zero-order chi connectivity index (χ0) is 11.6. The average Bonchev–Trinajstić information content (AvgIpc) is 2.95. The van der Waals surface area contributed by atoms with Crippen LogP contribution in [0.5, 0.6) is 0 Å². The van der Waals surface area contributed by atoms with Crippen LogP contribution in [0.15, 0.2) is 0 Å². The number of methoxy groups -OCH3 is 1. The molecule has 88 valence electrons. The van der Waals surface area contributed by atoms with Crippen LogP contribution in [0.2, 0.25) is 0 Å². The Hall–Kier alpha value is -0.610. The molecule has 0 aromatic carbocycles. The molecule has 1 fully saturated rings. The highest BCUT2D eigenvalue weighted by Crippen LogP contribution is 2.44. The van der Waals surface area contributed by atoms with Gasteiger partial charge in [0.25, 0.3) is 0 Å². The molecule has 2 atom stereocenters. The number of carbonyl (C=O) groups is 1. The third-order valence-electron chi connectivity index (χ3n) is 3.33. The van der Waals surface area contributed by atoms with Crippen LogP contribution in [0.1, 0.15) is 26.7 Å². The van der Waals surface area contributed by atoms with Crippen molar-refractivity contribution in [2.45, 2.75) is 32.3 Å². The van der Waals surface area contributed by atoms with E-state index in [1.165, 1.54) is 7.11 Å². The molecule has 1 aliphatic rings. The van der Waals surface area contributed by atoms with Gasteiger partial charge in [0, 0.05) is 13.0 Å². The van der Waals surface area contributed by atoms with E-state index in [0.717, 1.165) is 12.8 Å². The highest BCUT2D eigenvalue weighted by molar-refractivity contribution is 5.78. The van der Waals surface area contributed by atoms with E-state index in [9.17, 15) is 15.0 Å². The van der Waals surface area contributed by atoms with E-state index < -0.39 is 11.6 Å². The van der Waals surface area contributed by atoms with Gasteiger partial charge in [0.05, 0.1) is 6.61 Å². The first-order valence-electron chi connectivity index (χ1n) is 5.39. The minimum Gasteiger partial charge on any atom is -0.479 e. The third kappa shape index (κ3) is 2.32. The Morgan fingerprint density at radius 1 is 1.53 bits per heavy atom. The molecule has 0 heterocycles. The summed E-state index contributed by atoms with van der Waals surface area (Å²) in [5.74, 6) is -1.43. The molecule has 15 heavy (non-hydrogen) atoms. The Bertz CT molecular complexity index is 235. The number of aliphatic hydroxyl groups is 1. The van der Waals surface area contributed by atoms with E-state index in [2.05, 4.69) is 0 Å².